The third kappa shape index (κ3) is 4.73. The fourth-order valence-electron chi connectivity index (χ4n) is 1.85. The van der Waals surface area contributed by atoms with E-state index in [4.69, 9.17) is 0 Å². The zero-order valence-corrected chi connectivity index (χ0v) is 10.7. The molecule has 0 aromatic heterocycles. The minimum absolute atomic E-state index is 0.0267. The van der Waals surface area contributed by atoms with Crippen molar-refractivity contribution in [3.63, 3.8) is 0 Å². The van der Waals surface area contributed by atoms with Gasteiger partial charge in [0.25, 0.3) is 0 Å². The third-order valence-corrected chi connectivity index (χ3v) is 2.79. The van der Waals surface area contributed by atoms with Crippen molar-refractivity contribution >= 4 is 17.8 Å². The van der Waals surface area contributed by atoms with Crippen LogP contribution in [0.5, 0.6) is 0 Å². The first-order chi connectivity index (χ1) is 8.65. The van der Waals surface area contributed by atoms with Crippen LogP contribution in [0, 0.1) is 0 Å². The van der Waals surface area contributed by atoms with E-state index in [1.54, 1.807) is 11.8 Å². The van der Waals surface area contributed by atoms with Gasteiger partial charge in [0.2, 0.25) is 5.91 Å². The standard InChI is InChI=1S/C12H20N2O4/c1-2-18-12(17)11(16)13-7-6-10(15)14-8-4-3-5-9-14/h2-9H2,1H3,(H,13,16). The van der Waals surface area contributed by atoms with Gasteiger partial charge in [-0.1, -0.05) is 0 Å². The van der Waals surface area contributed by atoms with Crippen LogP contribution in [0.2, 0.25) is 0 Å². The lowest BCUT2D eigenvalue weighted by atomic mass is 10.1. The fourth-order valence-corrected chi connectivity index (χ4v) is 1.85. The molecule has 1 fully saturated rings. The first-order valence-electron chi connectivity index (χ1n) is 6.38. The number of rotatable bonds is 4. The highest BCUT2D eigenvalue weighted by Crippen LogP contribution is 2.09. The van der Waals surface area contributed by atoms with Crippen molar-refractivity contribution in [1.82, 2.24) is 10.2 Å². The Hall–Kier alpha value is -1.59. The molecule has 1 aliphatic heterocycles. The molecule has 0 atom stereocenters. The molecule has 1 rings (SSSR count). The quantitative estimate of drug-likeness (QED) is 0.570. The Morgan fingerprint density at radius 2 is 1.83 bits per heavy atom. The molecule has 0 unspecified atom stereocenters. The summed E-state index contributed by atoms with van der Waals surface area (Å²) < 4.78 is 4.53. The molecule has 18 heavy (non-hydrogen) atoms. The zero-order valence-electron chi connectivity index (χ0n) is 10.7. The van der Waals surface area contributed by atoms with Crippen molar-refractivity contribution in [1.29, 1.82) is 0 Å². The van der Waals surface area contributed by atoms with Crippen LogP contribution in [-0.4, -0.2) is 48.9 Å². The summed E-state index contributed by atoms with van der Waals surface area (Å²) in [5, 5.41) is 2.38. The average Bonchev–Trinajstić information content (AvgIpc) is 2.39. The minimum Gasteiger partial charge on any atom is -0.459 e. The molecule has 0 aromatic rings. The van der Waals surface area contributed by atoms with E-state index in [2.05, 4.69) is 10.1 Å². The molecule has 0 bridgehead atoms. The van der Waals surface area contributed by atoms with Gasteiger partial charge < -0.3 is 15.0 Å². The predicted octanol–water partition coefficient (Wildman–Crippen LogP) is 0.0683. The number of nitrogens with zero attached hydrogens (tertiary/aromatic N) is 1. The van der Waals surface area contributed by atoms with Gasteiger partial charge in [0.05, 0.1) is 6.61 Å². The van der Waals surface area contributed by atoms with Crippen molar-refractivity contribution in [2.75, 3.05) is 26.2 Å². The Labute approximate surface area is 107 Å². The second-order valence-electron chi connectivity index (χ2n) is 4.17. The average molecular weight is 256 g/mol. The van der Waals surface area contributed by atoms with Gasteiger partial charge >= 0.3 is 11.9 Å². The first-order valence-corrected chi connectivity index (χ1v) is 6.38. The molecule has 0 spiro atoms. The Morgan fingerprint density at radius 1 is 1.17 bits per heavy atom. The van der Waals surface area contributed by atoms with E-state index in [9.17, 15) is 14.4 Å². The van der Waals surface area contributed by atoms with Gasteiger partial charge in [-0.25, -0.2) is 4.79 Å². The number of amides is 2. The first kappa shape index (κ1) is 14.5. The Balaban J connectivity index is 2.18. The molecule has 1 saturated heterocycles. The highest BCUT2D eigenvalue weighted by molar-refractivity contribution is 6.32. The maximum Gasteiger partial charge on any atom is 0.396 e. The largest absolute Gasteiger partial charge is 0.459 e. The number of esters is 1. The maximum atomic E-state index is 11.7. The predicted molar refractivity (Wildman–Crippen MR) is 64.7 cm³/mol. The van der Waals surface area contributed by atoms with E-state index in [1.165, 1.54) is 6.42 Å². The van der Waals surface area contributed by atoms with Crippen LogP contribution < -0.4 is 5.32 Å². The maximum absolute atomic E-state index is 11.7. The van der Waals surface area contributed by atoms with E-state index in [0.29, 0.717) is 0 Å². The van der Waals surface area contributed by atoms with Crippen LogP contribution >= 0.6 is 0 Å². The molecule has 0 saturated carbocycles. The van der Waals surface area contributed by atoms with E-state index in [-0.39, 0.29) is 25.5 Å². The summed E-state index contributed by atoms with van der Waals surface area (Å²) in [4.78, 5) is 35.7. The summed E-state index contributed by atoms with van der Waals surface area (Å²) in [7, 11) is 0. The van der Waals surface area contributed by atoms with Crippen molar-refractivity contribution < 1.29 is 19.1 Å². The van der Waals surface area contributed by atoms with Crippen molar-refractivity contribution in [2.45, 2.75) is 32.6 Å². The van der Waals surface area contributed by atoms with E-state index in [0.717, 1.165) is 25.9 Å². The summed E-state index contributed by atoms with van der Waals surface area (Å²) in [6.45, 7) is 3.56. The molecule has 1 N–H and O–H groups in total. The van der Waals surface area contributed by atoms with Crippen LogP contribution in [0.4, 0.5) is 0 Å². The van der Waals surface area contributed by atoms with E-state index < -0.39 is 11.9 Å². The van der Waals surface area contributed by atoms with Gasteiger partial charge in [0, 0.05) is 26.1 Å². The molecule has 6 nitrogen and oxygen atoms in total. The van der Waals surface area contributed by atoms with Gasteiger partial charge in [0.1, 0.15) is 0 Å². The number of carbonyl (C=O) groups excluding carboxylic acids is 3. The van der Waals surface area contributed by atoms with Crippen molar-refractivity contribution in [3.8, 4) is 0 Å². The normalized spacial score (nSPS) is 15.1. The second-order valence-corrected chi connectivity index (χ2v) is 4.17. The summed E-state index contributed by atoms with van der Waals surface area (Å²) in [6.07, 6.45) is 3.48. The minimum atomic E-state index is -0.900. The van der Waals surface area contributed by atoms with Crippen molar-refractivity contribution in [2.24, 2.45) is 0 Å². The molecule has 0 radical (unpaired) electrons. The number of nitrogens with one attached hydrogen (secondary N) is 1. The molecule has 0 aromatic carbocycles. The molecule has 1 heterocycles. The number of hydrogen-bond donors (Lipinski definition) is 1. The molecule has 1 aliphatic rings. The smallest absolute Gasteiger partial charge is 0.396 e. The topological polar surface area (TPSA) is 75.7 Å². The van der Waals surface area contributed by atoms with Gasteiger partial charge in [-0.15, -0.1) is 0 Å². The van der Waals surface area contributed by atoms with Gasteiger partial charge in [-0.05, 0) is 26.2 Å². The highest BCUT2D eigenvalue weighted by atomic mass is 16.5. The highest BCUT2D eigenvalue weighted by Gasteiger charge is 2.18. The summed E-state index contributed by atoms with van der Waals surface area (Å²) in [5.41, 5.74) is 0. The molecular formula is C12H20N2O4. The summed E-state index contributed by atoms with van der Waals surface area (Å²) in [6, 6.07) is 0. The fraction of sp³-hybridized carbons (Fsp3) is 0.750. The van der Waals surface area contributed by atoms with Gasteiger partial charge in [-0.3, -0.25) is 9.59 Å². The number of hydrogen-bond acceptors (Lipinski definition) is 4. The lowest BCUT2D eigenvalue weighted by molar-refractivity contribution is -0.154. The van der Waals surface area contributed by atoms with Crippen LogP contribution in [-0.2, 0) is 19.1 Å². The summed E-state index contributed by atoms with van der Waals surface area (Å²) in [5.74, 6) is -1.66. The lowest BCUT2D eigenvalue weighted by Gasteiger charge is -2.26. The Morgan fingerprint density at radius 3 is 2.44 bits per heavy atom. The molecule has 6 heteroatoms. The second kappa shape index (κ2) is 7.68. The van der Waals surface area contributed by atoms with Crippen LogP contribution in [0.3, 0.4) is 0 Å². The monoisotopic (exact) mass is 256 g/mol. The summed E-state index contributed by atoms with van der Waals surface area (Å²) >= 11 is 0. The van der Waals surface area contributed by atoms with Crippen LogP contribution in [0.25, 0.3) is 0 Å². The van der Waals surface area contributed by atoms with Crippen molar-refractivity contribution in [3.05, 3.63) is 0 Å². The lowest BCUT2D eigenvalue weighted by Crippen LogP contribution is -2.39. The van der Waals surface area contributed by atoms with E-state index >= 15 is 0 Å². The van der Waals surface area contributed by atoms with Gasteiger partial charge in [0.15, 0.2) is 0 Å². The Bertz CT molecular complexity index is 311. The number of likely N-dealkylation sites (tertiary alicyclic amines) is 1. The van der Waals surface area contributed by atoms with Crippen LogP contribution in [0.15, 0.2) is 0 Å². The molecule has 102 valence electrons. The van der Waals surface area contributed by atoms with E-state index in [1.807, 2.05) is 0 Å². The van der Waals surface area contributed by atoms with Crippen LogP contribution in [0.1, 0.15) is 32.6 Å². The number of carbonyl (C=O) groups is 3. The molecule has 2 amide bonds. The third-order valence-electron chi connectivity index (χ3n) is 2.79. The number of ether oxygens (including phenoxy) is 1. The Kier molecular flexibility index (Phi) is 6.18. The zero-order chi connectivity index (χ0) is 13.4. The molecule has 0 aliphatic carbocycles. The molecular weight excluding hydrogens is 236 g/mol. The van der Waals surface area contributed by atoms with Gasteiger partial charge in [-0.2, -0.15) is 0 Å². The number of piperidine rings is 1. The SMILES string of the molecule is CCOC(=O)C(=O)NCCC(=O)N1CCCCC1.